The van der Waals surface area contributed by atoms with Crippen LogP contribution in [0.1, 0.15) is 24.2 Å². The summed E-state index contributed by atoms with van der Waals surface area (Å²) in [5.74, 6) is 1.70. The Hall–Kier alpha value is -2.95. The summed E-state index contributed by atoms with van der Waals surface area (Å²) < 4.78 is 7.33. The van der Waals surface area contributed by atoms with E-state index in [0.717, 1.165) is 40.4 Å². The van der Waals surface area contributed by atoms with Gasteiger partial charge in [-0.05, 0) is 24.3 Å². The molecule has 4 aromatic rings. The first-order valence-corrected chi connectivity index (χ1v) is 7.66. The molecular formula is C18H16N4O. The van der Waals surface area contributed by atoms with Gasteiger partial charge in [0.1, 0.15) is 11.6 Å². The summed E-state index contributed by atoms with van der Waals surface area (Å²) in [6.45, 7) is 2.06. The number of hydrogen-bond acceptors (Lipinski definition) is 4. The van der Waals surface area contributed by atoms with Crippen molar-refractivity contribution in [3.8, 4) is 5.69 Å². The zero-order valence-electron chi connectivity index (χ0n) is 12.8. The summed E-state index contributed by atoms with van der Waals surface area (Å²) in [4.78, 5) is 9.36. The van der Waals surface area contributed by atoms with Gasteiger partial charge in [0.25, 0.3) is 0 Å². The number of aryl methyl sites for hydroxylation is 1. The third-order valence-corrected chi connectivity index (χ3v) is 3.79. The third-order valence-electron chi connectivity index (χ3n) is 3.79. The van der Waals surface area contributed by atoms with Crippen molar-refractivity contribution in [3.63, 3.8) is 0 Å². The Kier molecular flexibility index (Phi) is 3.38. The monoisotopic (exact) mass is 304 g/mol. The maximum absolute atomic E-state index is 5.46. The Labute approximate surface area is 133 Å². The molecular weight excluding hydrogens is 288 g/mol. The van der Waals surface area contributed by atoms with Crippen molar-refractivity contribution in [2.75, 3.05) is 0 Å². The number of nitrogens with zero attached hydrogens (tertiary/aromatic N) is 4. The molecule has 0 saturated carbocycles. The molecule has 5 nitrogen and oxygen atoms in total. The predicted octanol–water partition coefficient (Wildman–Crippen LogP) is 3.56. The lowest BCUT2D eigenvalue weighted by Gasteiger charge is -2.06. The van der Waals surface area contributed by atoms with Gasteiger partial charge in [0, 0.05) is 12.8 Å². The first-order chi connectivity index (χ1) is 11.3. The van der Waals surface area contributed by atoms with Gasteiger partial charge in [-0.15, -0.1) is 0 Å². The minimum absolute atomic E-state index is 0.638. The van der Waals surface area contributed by atoms with E-state index in [2.05, 4.69) is 22.0 Å². The Balaban J connectivity index is 1.89. The van der Waals surface area contributed by atoms with Gasteiger partial charge in [0.2, 0.25) is 0 Å². The number of benzene rings is 1. The number of hydrogen-bond donors (Lipinski definition) is 0. The van der Waals surface area contributed by atoms with E-state index >= 15 is 0 Å². The molecule has 0 bridgehead atoms. The van der Waals surface area contributed by atoms with Crippen molar-refractivity contribution in [3.05, 3.63) is 72.2 Å². The van der Waals surface area contributed by atoms with Gasteiger partial charge in [-0.25, -0.2) is 14.6 Å². The Morgan fingerprint density at radius 1 is 1.04 bits per heavy atom. The van der Waals surface area contributed by atoms with Crippen molar-refractivity contribution in [1.82, 2.24) is 19.7 Å². The fraction of sp³-hybridized carbons (Fsp3) is 0.167. The average molecular weight is 304 g/mol. The fourth-order valence-electron chi connectivity index (χ4n) is 2.65. The predicted molar refractivity (Wildman–Crippen MR) is 87.6 cm³/mol. The first kappa shape index (κ1) is 13.7. The molecule has 3 heterocycles. The van der Waals surface area contributed by atoms with Crippen molar-refractivity contribution in [2.24, 2.45) is 0 Å². The van der Waals surface area contributed by atoms with Gasteiger partial charge >= 0.3 is 0 Å². The molecule has 114 valence electrons. The van der Waals surface area contributed by atoms with Gasteiger partial charge in [-0.3, -0.25) is 0 Å². The smallest absolute Gasteiger partial charge is 0.166 e. The molecule has 23 heavy (non-hydrogen) atoms. The Bertz CT molecular complexity index is 926. The van der Waals surface area contributed by atoms with Gasteiger partial charge in [-0.2, -0.15) is 5.10 Å². The highest BCUT2D eigenvalue weighted by Gasteiger charge is 2.14. The molecule has 1 aromatic carbocycles. The van der Waals surface area contributed by atoms with Crippen molar-refractivity contribution in [1.29, 1.82) is 0 Å². The summed E-state index contributed by atoms with van der Waals surface area (Å²) >= 11 is 0. The molecule has 0 radical (unpaired) electrons. The largest absolute Gasteiger partial charge is 0.469 e. The molecule has 0 aliphatic heterocycles. The average Bonchev–Trinajstić information content (AvgIpc) is 3.25. The molecule has 0 amide bonds. The lowest BCUT2D eigenvalue weighted by atomic mass is 10.2. The molecule has 0 aliphatic rings. The highest BCUT2D eigenvalue weighted by Crippen LogP contribution is 2.21. The standard InChI is InChI=1S/C18H16N4O/c1-2-17-20-16(11-14-9-6-10-23-14)15-12-19-22(18(15)21-17)13-7-4-3-5-8-13/h3-10,12H,2,11H2,1H3. The van der Waals surface area contributed by atoms with E-state index in [0.29, 0.717) is 6.42 Å². The highest BCUT2D eigenvalue weighted by atomic mass is 16.3. The number of aromatic nitrogens is 4. The van der Waals surface area contributed by atoms with E-state index in [-0.39, 0.29) is 0 Å². The molecule has 0 N–H and O–H groups in total. The second kappa shape index (κ2) is 5.68. The van der Waals surface area contributed by atoms with Gasteiger partial charge < -0.3 is 4.42 Å². The first-order valence-electron chi connectivity index (χ1n) is 7.66. The van der Waals surface area contributed by atoms with Crippen LogP contribution in [0.4, 0.5) is 0 Å². The molecule has 3 aromatic heterocycles. The number of para-hydroxylation sites is 1. The van der Waals surface area contributed by atoms with E-state index < -0.39 is 0 Å². The van der Waals surface area contributed by atoms with Gasteiger partial charge in [-0.1, -0.05) is 25.1 Å². The summed E-state index contributed by atoms with van der Waals surface area (Å²) in [7, 11) is 0. The highest BCUT2D eigenvalue weighted by molar-refractivity contribution is 5.79. The van der Waals surface area contributed by atoms with Crippen LogP contribution in [0.2, 0.25) is 0 Å². The lowest BCUT2D eigenvalue weighted by molar-refractivity contribution is 0.519. The van der Waals surface area contributed by atoms with E-state index in [9.17, 15) is 0 Å². The van der Waals surface area contributed by atoms with Crippen LogP contribution in [0.3, 0.4) is 0 Å². The molecule has 4 rings (SSSR count). The fourth-order valence-corrected chi connectivity index (χ4v) is 2.65. The minimum atomic E-state index is 0.638. The van der Waals surface area contributed by atoms with Crippen molar-refractivity contribution in [2.45, 2.75) is 19.8 Å². The van der Waals surface area contributed by atoms with Crippen molar-refractivity contribution >= 4 is 11.0 Å². The molecule has 0 aliphatic carbocycles. The summed E-state index contributed by atoms with van der Waals surface area (Å²) in [5, 5.41) is 5.48. The van der Waals surface area contributed by atoms with Crippen LogP contribution in [0, 0.1) is 0 Å². The van der Waals surface area contributed by atoms with Crippen LogP contribution in [-0.4, -0.2) is 19.7 Å². The minimum Gasteiger partial charge on any atom is -0.469 e. The molecule has 0 unspecified atom stereocenters. The molecule has 0 spiro atoms. The van der Waals surface area contributed by atoms with Gasteiger partial charge in [0.15, 0.2) is 5.65 Å². The molecule has 0 saturated heterocycles. The molecule has 0 fully saturated rings. The summed E-state index contributed by atoms with van der Waals surface area (Å²) in [6, 6.07) is 13.9. The van der Waals surface area contributed by atoms with Gasteiger partial charge in [0.05, 0.1) is 29.2 Å². The number of furan rings is 1. The third kappa shape index (κ3) is 2.50. The lowest BCUT2D eigenvalue weighted by Crippen LogP contribution is -2.03. The normalized spacial score (nSPS) is 11.2. The quantitative estimate of drug-likeness (QED) is 0.578. The SMILES string of the molecule is CCc1nc(Cc2ccco2)c2cnn(-c3ccccc3)c2n1. The van der Waals surface area contributed by atoms with Crippen LogP contribution >= 0.6 is 0 Å². The van der Waals surface area contributed by atoms with Crippen LogP contribution in [-0.2, 0) is 12.8 Å². The maximum Gasteiger partial charge on any atom is 0.166 e. The van der Waals surface area contributed by atoms with E-state index in [4.69, 9.17) is 4.42 Å². The second-order valence-electron chi connectivity index (χ2n) is 5.33. The van der Waals surface area contributed by atoms with Crippen LogP contribution in [0.5, 0.6) is 0 Å². The zero-order valence-corrected chi connectivity index (χ0v) is 12.8. The van der Waals surface area contributed by atoms with E-state index in [1.54, 1.807) is 6.26 Å². The topological polar surface area (TPSA) is 56.7 Å². The maximum atomic E-state index is 5.46. The van der Waals surface area contributed by atoms with Crippen LogP contribution in [0.25, 0.3) is 16.7 Å². The molecule has 5 heteroatoms. The summed E-state index contributed by atoms with van der Waals surface area (Å²) in [6.07, 6.45) is 4.93. The van der Waals surface area contributed by atoms with Crippen molar-refractivity contribution < 1.29 is 4.42 Å². The van der Waals surface area contributed by atoms with E-state index in [1.165, 1.54) is 0 Å². The number of rotatable bonds is 4. The van der Waals surface area contributed by atoms with Crippen LogP contribution < -0.4 is 0 Å². The summed E-state index contributed by atoms with van der Waals surface area (Å²) in [5.41, 5.74) is 2.78. The zero-order chi connectivity index (χ0) is 15.6. The Morgan fingerprint density at radius 3 is 2.65 bits per heavy atom. The van der Waals surface area contributed by atoms with Crippen LogP contribution in [0.15, 0.2) is 59.3 Å². The second-order valence-corrected chi connectivity index (χ2v) is 5.33. The van der Waals surface area contributed by atoms with E-state index in [1.807, 2.05) is 53.3 Å². The molecule has 0 atom stereocenters. The Morgan fingerprint density at radius 2 is 1.91 bits per heavy atom. The number of fused-ring (bicyclic) bond motifs is 1.